The summed E-state index contributed by atoms with van der Waals surface area (Å²) in [7, 11) is 0. The molecule has 0 aliphatic heterocycles. The molecule has 0 spiro atoms. The molecule has 0 aromatic carbocycles. The average molecular weight is 240 g/mol. The van der Waals surface area contributed by atoms with Gasteiger partial charge in [-0.05, 0) is 23.6 Å². The van der Waals surface area contributed by atoms with Crippen LogP contribution in [0, 0.1) is 0 Å². The van der Waals surface area contributed by atoms with Crippen molar-refractivity contribution in [3.8, 4) is 0 Å². The van der Waals surface area contributed by atoms with Crippen molar-refractivity contribution < 1.29 is 5.11 Å². The summed E-state index contributed by atoms with van der Waals surface area (Å²) >= 11 is 7.56. The van der Waals surface area contributed by atoms with Gasteiger partial charge in [-0.3, -0.25) is 4.98 Å². The maximum atomic E-state index is 9.93. The molecule has 0 bridgehead atoms. The zero-order valence-corrected chi connectivity index (χ0v) is 9.50. The summed E-state index contributed by atoms with van der Waals surface area (Å²) < 4.78 is 0. The van der Waals surface area contributed by atoms with Crippen LogP contribution in [0.15, 0.2) is 35.8 Å². The Morgan fingerprint density at radius 3 is 2.93 bits per heavy atom. The van der Waals surface area contributed by atoms with Crippen molar-refractivity contribution in [3.05, 3.63) is 51.4 Å². The maximum absolute atomic E-state index is 9.93. The molecule has 15 heavy (non-hydrogen) atoms. The number of thiophene rings is 1. The number of halogens is 1. The lowest BCUT2D eigenvalue weighted by Gasteiger charge is -2.09. The van der Waals surface area contributed by atoms with Gasteiger partial charge in [0.15, 0.2) is 0 Å². The molecular weight excluding hydrogens is 230 g/mol. The Labute approximate surface area is 97.2 Å². The lowest BCUT2D eigenvalue weighted by molar-refractivity contribution is 0.174. The van der Waals surface area contributed by atoms with Gasteiger partial charge in [0.25, 0.3) is 0 Å². The second kappa shape index (κ2) is 4.75. The molecule has 0 radical (unpaired) electrons. The minimum atomic E-state index is -0.627. The van der Waals surface area contributed by atoms with Crippen LogP contribution in [-0.2, 0) is 6.42 Å². The van der Waals surface area contributed by atoms with Gasteiger partial charge in [0.05, 0.1) is 10.7 Å². The smallest absolute Gasteiger partial charge is 0.102 e. The second-order valence-corrected chi connectivity index (χ2v) is 4.61. The van der Waals surface area contributed by atoms with Crippen molar-refractivity contribution in [2.75, 3.05) is 0 Å². The fraction of sp³-hybridized carbons (Fsp3) is 0.182. The molecule has 1 unspecified atom stereocenters. The van der Waals surface area contributed by atoms with E-state index in [2.05, 4.69) is 4.98 Å². The number of aliphatic hydroxyl groups excluding tert-OH is 1. The number of pyridine rings is 1. The van der Waals surface area contributed by atoms with Crippen LogP contribution in [0.1, 0.15) is 16.7 Å². The van der Waals surface area contributed by atoms with Crippen LogP contribution in [0.5, 0.6) is 0 Å². The fourth-order valence-corrected chi connectivity index (χ4v) is 2.35. The molecule has 0 saturated carbocycles. The van der Waals surface area contributed by atoms with Crippen LogP contribution in [0.25, 0.3) is 0 Å². The number of rotatable bonds is 3. The van der Waals surface area contributed by atoms with E-state index in [1.54, 1.807) is 29.7 Å². The van der Waals surface area contributed by atoms with E-state index in [0.717, 1.165) is 4.88 Å². The van der Waals surface area contributed by atoms with E-state index in [-0.39, 0.29) is 0 Å². The Morgan fingerprint density at radius 2 is 2.27 bits per heavy atom. The highest BCUT2D eigenvalue weighted by molar-refractivity contribution is 7.09. The average Bonchev–Trinajstić information content (AvgIpc) is 2.71. The number of aromatic nitrogens is 1. The predicted octanol–water partition coefficient (Wildman–Crippen LogP) is 3.07. The molecule has 1 N–H and O–H groups in total. The van der Waals surface area contributed by atoms with Gasteiger partial charge in [0, 0.05) is 17.5 Å². The molecule has 2 aromatic heterocycles. The van der Waals surface area contributed by atoms with Crippen molar-refractivity contribution >= 4 is 22.9 Å². The van der Waals surface area contributed by atoms with E-state index in [9.17, 15) is 5.11 Å². The summed E-state index contributed by atoms with van der Waals surface area (Å²) in [6.45, 7) is 0. The van der Waals surface area contributed by atoms with Gasteiger partial charge in [0.1, 0.15) is 6.10 Å². The van der Waals surface area contributed by atoms with E-state index in [1.807, 2.05) is 17.5 Å². The zero-order chi connectivity index (χ0) is 10.7. The zero-order valence-electron chi connectivity index (χ0n) is 7.93. The summed E-state index contributed by atoms with van der Waals surface area (Å²) in [5.41, 5.74) is 0.549. The standard InChI is InChI=1S/C11H10ClNOS/c12-9-4-1-5-13-11(9)10(14)7-8-3-2-6-15-8/h1-6,10,14H,7H2. The molecule has 0 aliphatic rings. The van der Waals surface area contributed by atoms with Crippen molar-refractivity contribution in [1.82, 2.24) is 4.98 Å². The molecule has 2 heterocycles. The predicted molar refractivity (Wildman–Crippen MR) is 62.2 cm³/mol. The first-order chi connectivity index (χ1) is 7.27. The molecule has 78 valence electrons. The van der Waals surface area contributed by atoms with Crippen LogP contribution < -0.4 is 0 Å². The third-order valence-electron chi connectivity index (χ3n) is 2.08. The highest BCUT2D eigenvalue weighted by atomic mass is 35.5. The number of hydrogen-bond acceptors (Lipinski definition) is 3. The topological polar surface area (TPSA) is 33.1 Å². The van der Waals surface area contributed by atoms with Crippen LogP contribution in [0.4, 0.5) is 0 Å². The van der Waals surface area contributed by atoms with Crippen LogP contribution in [0.3, 0.4) is 0 Å². The Kier molecular flexibility index (Phi) is 3.36. The quantitative estimate of drug-likeness (QED) is 0.893. The molecule has 2 nitrogen and oxygen atoms in total. The van der Waals surface area contributed by atoms with Crippen LogP contribution in [0.2, 0.25) is 5.02 Å². The molecular formula is C11H10ClNOS. The molecule has 0 amide bonds. The van der Waals surface area contributed by atoms with E-state index in [1.165, 1.54) is 0 Å². The molecule has 4 heteroatoms. The summed E-state index contributed by atoms with van der Waals surface area (Å²) in [5.74, 6) is 0. The van der Waals surface area contributed by atoms with Crippen molar-refractivity contribution in [2.24, 2.45) is 0 Å². The van der Waals surface area contributed by atoms with Gasteiger partial charge in [0.2, 0.25) is 0 Å². The first-order valence-electron chi connectivity index (χ1n) is 4.58. The highest BCUT2D eigenvalue weighted by Gasteiger charge is 2.13. The maximum Gasteiger partial charge on any atom is 0.102 e. The van der Waals surface area contributed by atoms with Crippen molar-refractivity contribution in [2.45, 2.75) is 12.5 Å². The van der Waals surface area contributed by atoms with Gasteiger partial charge in [-0.1, -0.05) is 17.7 Å². The van der Waals surface area contributed by atoms with Crippen LogP contribution >= 0.6 is 22.9 Å². The summed E-state index contributed by atoms with van der Waals surface area (Å²) in [6, 6.07) is 7.45. The Balaban J connectivity index is 2.15. The SMILES string of the molecule is OC(Cc1cccs1)c1ncccc1Cl. The van der Waals surface area contributed by atoms with E-state index >= 15 is 0 Å². The van der Waals surface area contributed by atoms with E-state index < -0.39 is 6.10 Å². The highest BCUT2D eigenvalue weighted by Crippen LogP contribution is 2.24. The normalized spacial score (nSPS) is 12.7. The monoisotopic (exact) mass is 239 g/mol. The molecule has 0 saturated heterocycles. The van der Waals surface area contributed by atoms with E-state index in [4.69, 9.17) is 11.6 Å². The van der Waals surface area contributed by atoms with Gasteiger partial charge in [-0.15, -0.1) is 11.3 Å². The molecule has 0 aliphatic carbocycles. The molecule has 2 aromatic rings. The Bertz CT molecular complexity index is 430. The number of hydrogen-bond donors (Lipinski definition) is 1. The second-order valence-electron chi connectivity index (χ2n) is 3.17. The summed E-state index contributed by atoms with van der Waals surface area (Å²) in [5, 5.41) is 12.4. The van der Waals surface area contributed by atoms with Gasteiger partial charge in [-0.2, -0.15) is 0 Å². The van der Waals surface area contributed by atoms with Gasteiger partial charge in [-0.25, -0.2) is 0 Å². The largest absolute Gasteiger partial charge is 0.386 e. The molecule has 1 atom stereocenters. The van der Waals surface area contributed by atoms with Crippen LogP contribution in [-0.4, -0.2) is 10.1 Å². The van der Waals surface area contributed by atoms with Crippen molar-refractivity contribution in [3.63, 3.8) is 0 Å². The van der Waals surface area contributed by atoms with Gasteiger partial charge < -0.3 is 5.11 Å². The lowest BCUT2D eigenvalue weighted by Crippen LogP contribution is -2.03. The Morgan fingerprint density at radius 1 is 1.40 bits per heavy atom. The molecule has 0 fully saturated rings. The number of aliphatic hydroxyl groups is 1. The molecule has 2 rings (SSSR count). The summed E-state index contributed by atoms with van der Waals surface area (Å²) in [6.07, 6.45) is 1.57. The van der Waals surface area contributed by atoms with Crippen molar-refractivity contribution in [1.29, 1.82) is 0 Å². The minimum absolute atomic E-state index is 0.515. The van der Waals surface area contributed by atoms with E-state index in [0.29, 0.717) is 17.1 Å². The summed E-state index contributed by atoms with van der Waals surface area (Å²) in [4.78, 5) is 5.21. The fourth-order valence-electron chi connectivity index (χ4n) is 1.36. The van der Waals surface area contributed by atoms with Gasteiger partial charge >= 0.3 is 0 Å². The third-order valence-corrected chi connectivity index (χ3v) is 3.30. The lowest BCUT2D eigenvalue weighted by atomic mass is 10.1. The Hall–Kier alpha value is -0.900. The first-order valence-corrected chi connectivity index (χ1v) is 5.84. The third kappa shape index (κ3) is 2.56. The minimum Gasteiger partial charge on any atom is -0.386 e. The number of nitrogens with zero attached hydrogens (tertiary/aromatic N) is 1. The first kappa shape index (κ1) is 10.6.